The quantitative estimate of drug-likeness (QED) is 0.355. The van der Waals surface area contributed by atoms with Gasteiger partial charge in [-0.3, -0.25) is 0 Å². The summed E-state index contributed by atoms with van der Waals surface area (Å²) in [4.78, 5) is 2.26. The number of nitrogens with zero attached hydrogens (tertiary/aromatic N) is 3. The van der Waals surface area contributed by atoms with E-state index < -0.39 is 24.3 Å². The van der Waals surface area contributed by atoms with Gasteiger partial charge < -0.3 is 9.84 Å². The van der Waals surface area contributed by atoms with E-state index in [2.05, 4.69) is 16.6 Å². The molecule has 5 nitrogen and oxygen atoms in total. The first-order chi connectivity index (χ1) is 8.97. The van der Waals surface area contributed by atoms with Crippen LogP contribution in [0.15, 0.2) is 47.8 Å². The van der Waals surface area contributed by atoms with Crippen molar-refractivity contribution < 1.29 is 18.6 Å². The predicted octanol–water partition coefficient (Wildman–Crippen LogP) is 3.59. The smallest absolute Gasteiger partial charge is 0.286 e. The summed E-state index contributed by atoms with van der Waals surface area (Å²) in [6.45, 7) is 1.84. The van der Waals surface area contributed by atoms with Crippen molar-refractivity contribution in [1.29, 1.82) is 0 Å². The van der Waals surface area contributed by atoms with E-state index >= 15 is 0 Å². The molecule has 1 rings (SSSR count). The van der Waals surface area contributed by atoms with Crippen LogP contribution in [0.5, 0.6) is 0 Å². The number of alkyl halides is 2. The fourth-order valence-corrected chi connectivity index (χ4v) is 1.42. The standard InChI is InChI=1S/C12H13F2N3O2/c1-9(18)11(12(13,14)8-16-17-15)19-7-10-5-3-2-4-6-10/h2-6,11,18H,1,7-8H2/t11-/m1/s1. The van der Waals surface area contributed by atoms with Gasteiger partial charge in [-0.25, -0.2) is 8.78 Å². The van der Waals surface area contributed by atoms with Gasteiger partial charge in [0.2, 0.25) is 0 Å². The molecule has 0 fully saturated rings. The molecule has 0 aliphatic rings. The molecule has 0 aliphatic carbocycles. The number of azide groups is 1. The molecule has 0 amide bonds. The summed E-state index contributed by atoms with van der Waals surface area (Å²) >= 11 is 0. The summed E-state index contributed by atoms with van der Waals surface area (Å²) in [6, 6.07) is 8.65. The van der Waals surface area contributed by atoms with Gasteiger partial charge in [0.1, 0.15) is 5.76 Å². The molecule has 0 unspecified atom stereocenters. The molecule has 0 spiro atoms. The largest absolute Gasteiger partial charge is 0.510 e. The molecule has 7 heteroatoms. The topological polar surface area (TPSA) is 78.2 Å². The molecule has 102 valence electrons. The normalized spacial score (nSPS) is 12.5. The maximum absolute atomic E-state index is 13.6. The second-order valence-corrected chi connectivity index (χ2v) is 3.82. The second-order valence-electron chi connectivity index (χ2n) is 3.82. The van der Waals surface area contributed by atoms with Crippen molar-refractivity contribution in [3.05, 3.63) is 58.7 Å². The van der Waals surface area contributed by atoms with Crippen molar-refractivity contribution in [2.24, 2.45) is 5.11 Å². The van der Waals surface area contributed by atoms with E-state index in [0.29, 0.717) is 5.56 Å². The van der Waals surface area contributed by atoms with Gasteiger partial charge in [0.25, 0.3) is 5.92 Å². The lowest BCUT2D eigenvalue weighted by Gasteiger charge is -2.24. The van der Waals surface area contributed by atoms with E-state index in [0.717, 1.165) is 0 Å². The van der Waals surface area contributed by atoms with E-state index in [1.807, 2.05) is 0 Å². The number of hydrogen-bond donors (Lipinski definition) is 1. The van der Waals surface area contributed by atoms with Crippen LogP contribution in [0, 0.1) is 0 Å². The van der Waals surface area contributed by atoms with Crippen molar-refractivity contribution in [2.75, 3.05) is 6.54 Å². The third-order valence-electron chi connectivity index (χ3n) is 2.29. The zero-order chi connectivity index (χ0) is 14.3. The average Bonchev–Trinajstić information content (AvgIpc) is 2.37. The first-order valence-electron chi connectivity index (χ1n) is 5.39. The van der Waals surface area contributed by atoms with E-state index in [1.54, 1.807) is 30.3 Å². The van der Waals surface area contributed by atoms with Crippen LogP contribution in [-0.2, 0) is 11.3 Å². The van der Waals surface area contributed by atoms with Crippen LogP contribution in [0.4, 0.5) is 8.78 Å². The highest BCUT2D eigenvalue weighted by atomic mass is 19.3. The highest BCUT2D eigenvalue weighted by Crippen LogP contribution is 2.26. The number of aliphatic hydroxyl groups excluding tert-OH is 1. The van der Waals surface area contributed by atoms with E-state index in [4.69, 9.17) is 10.3 Å². The maximum atomic E-state index is 13.6. The molecule has 1 aromatic rings. The van der Waals surface area contributed by atoms with Gasteiger partial charge in [0.15, 0.2) is 6.10 Å². The molecule has 0 saturated carbocycles. The summed E-state index contributed by atoms with van der Waals surface area (Å²) in [6.07, 6.45) is -1.92. The number of halogens is 2. The van der Waals surface area contributed by atoms with Gasteiger partial charge in [0, 0.05) is 4.91 Å². The first kappa shape index (κ1) is 14.9. The number of rotatable bonds is 7. The Balaban J connectivity index is 2.73. The van der Waals surface area contributed by atoms with Crippen molar-refractivity contribution in [2.45, 2.75) is 18.6 Å². The Morgan fingerprint density at radius 2 is 2.11 bits per heavy atom. The minimum Gasteiger partial charge on any atom is -0.510 e. The summed E-state index contributed by atoms with van der Waals surface area (Å²) in [7, 11) is 0. The Labute approximate surface area is 108 Å². The highest BCUT2D eigenvalue weighted by Gasteiger charge is 2.42. The molecule has 0 saturated heterocycles. The van der Waals surface area contributed by atoms with Crippen molar-refractivity contribution >= 4 is 0 Å². The molecule has 1 aromatic carbocycles. The van der Waals surface area contributed by atoms with Crippen molar-refractivity contribution in [1.82, 2.24) is 0 Å². The Kier molecular flexibility index (Phi) is 5.29. The van der Waals surface area contributed by atoms with Crippen LogP contribution in [0.2, 0.25) is 0 Å². The van der Waals surface area contributed by atoms with Crippen LogP contribution in [0.25, 0.3) is 10.4 Å². The molecule has 0 radical (unpaired) electrons. The summed E-state index contributed by atoms with van der Waals surface area (Å²) in [5.41, 5.74) is 8.73. The summed E-state index contributed by atoms with van der Waals surface area (Å²) in [5, 5.41) is 12.0. The fourth-order valence-electron chi connectivity index (χ4n) is 1.42. The molecule has 0 aromatic heterocycles. The van der Waals surface area contributed by atoms with Crippen molar-refractivity contribution in [3.8, 4) is 0 Å². The average molecular weight is 269 g/mol. The molecule has 19 heavy (non-hydrogen) atoms. The monoisotopic (exact) mass is 269 g/mol. The molecule has 0 bridgehead atoms. The number of ether oxygens (including phenoxy) is 1. The van der Waals surface area contributed by atoms with E-state index in [9.17, 15) is 13.9 Å². The van der Waals surface area contributed by atoms with Gasteiger partial charge in [-0.05, 0) is 11.1 Å². The first-order valence-corrected chi connectivity index (χ1v) is 5.39. The van der Waals surface area contributed by atoms with Gasteiger partial charge >= 0.3 is 0 Å². The lowest BCUT2D eigenvalue weighted by Crippen LogP contribution is -2.39. The number of hydrogen-bond acceptors (Lipinski definition) is 3. The fraction of sp³-hybridized carbons (Fsp3) is 0.333. The third-order valence-corrected chi connectivity index (χ3v) is 2.29. The van der Waals surface area contributed by atoms with Crippen LogP contribution in [-0.4, -0.2) is 23.7 Å². The number of benzene rings is 1. The molecule has 1 N–H and O–H groups in total. The Morgan fingerprint density at radius 1 is 1.47 bits per heavy atom. The van der Waals surface area contributed by atoms with Crippen LogP contribution >= 0.6 is 0 Å². The van der Waals surface area contributed by atoms with E-state index in [-0.39, 0.29) is 6.61 Å². The second kappa shape index (κ2) is 6.72. The summed E-state index contributed by atoms with van der Waals surface area (Å²) in [5.74, 6) is -4.33. The molecule has 1 atom stereocenters. The lowest BCUT2D eigenvalue weighted by atomic mass is 10.1. The van der Waals surface area contributed by atoms with Gasteiger partial charge in [-0.1, -0.05) is 42.0 Å². The van der Waals surface area contributed by atoms with Gasteiger partial charge in [-0.15, -0.1) is 0 Å². The molecule has 0 heterocycles. The van der Waals surface area contributed by atoms with Gasteiger partial charge in [0.05, 0.1) is 13.2 Å². The number of aliphatic hydroxyl groups is 1. The molecular formula is C12H13F2N3O2. The lowest BCUT2D eigenvalue weighted by molar-refractivity contribution is -0.131. The van der Waals surface area contributed by atoms with Crippen LogP contribution < -0.4 is 0 Å². The zero-order valence-corrected chi connectivity index (χ0v) is 10.0. The van der Waals surface area contributed by atoms with Crippen molar-refractivity contribution in [3.63, 3.8) is 0 Å². The molecular weight excluding hydrogens is 256 g/mol. The Morgan fingerprint density at radius 3 is 2.63 bits per heavy atom. The predicted molar refractivity (Wildman–Crippen MR) is 65.7 cm³/mol. The van der Waals surface area contributed by atoms with E-state index in [1.165, 1.54) is 0 Å². The third kappa shape index (κ3) is 4.57. The minimum absolute atomic E-state index is 0.114. The minimum atomic E-state index is -3.52. The maximum Gasteiger partial charge on any atom is 0.286 e. The van der Waals surface area contributed by atoms with Gasteiger partial charge in [-0.2, -0.15) is 0 Å². The highest BCUT2D eigenvalue weighted by molar-refractivity contribution is 5.14. The SMILES string of the molecule is C=C(O)[C@@H](OCc1ccccc1)C(F)(F)CN=[N+]=[N-]. The summed E-state index contributed by atoms with van der Waals surface area (Å²) < 4.78 is 32.2. The molecule has 0 aliphatic heterocycles. The Bertz CT molecular complexity index is 473. The Hall–Kier alpha value is -2.11. The van der Waals surface area contributed by atoms with Crippen LogP contribution in [0.3, 0.4) is 0 Å². The van der Waals surface area contributed by atoms with Crippen LogP contribution in [0.1, 0.15) is 5.56 Å². The zero-order valence-electron chi connectivity index (χ0n) is 10.0.